The highest BCUT2D eigenvalue weighted by atomic mass is 16.6. The van der Waals surface area contributed by atoms with Crippen LogP contribution in [0, 0.1) is 17.8 Å². The summed E-state index contributed by atoms with van der Waals surface area (Å²) in [4.78, 5) is 36.5. The highest BCUT2D eigenvalue weighted by Crippen LogP contribution is 2.33. The average molecular weight is 735 g/mol. The van der Waals surface area contributed by atoms with Crippen molar-refractivity contribution in [3.05, 3.63) is 24.3 Å². The molecule has 0 spiro atoms. The van der Waals surface area contributed by atoms with Gasteiger partial charge < -0.3 is 24.8 Å². The Labute approximate surface area is 317 Å². The Kier molecular flexibility index (Phi) is 29.9. The van der Waals surface area contributed by atoms with Gasteiger partial charge in [0.25, 0.3) is 0 Å². The Bertz CT molecular complexity index is 960. The zero-order valence-corrected chi connectivity index (χ0v) is 33.5. The molecule has 52 heavy (non-hydrogen) atoms. The minimum Gasteiger partial charge on any atom is -0.463 e. The molecule has 1 aliphatic rings. The summed E-state index contributed by atoms with van der Waals surface area (Å²) < 4.78 is 10.3. The second kappa shape index (κ2) is 32.4. The van der Waals surface area contributed by atoms with Crippen LogP contribution in [0.3, 0.4) is 0 Å². The third kappa shape index (κ3) is 26.7. The Hall–Kier alpha value is -2.03. The van der Waals surface area contributed by atoms with E-state index in [1.54, 1.807) is 12.2 Å². The Morgan fingerprint density at radius 1 is 0.712 bits per heavy atom. The molecule has 0 saturated heterocycles. The maximum atomic E-state index is 12.4. The molecule has 0 aromatic rings. The van der Waals surface area contributed by atoms with E-state index in [1.165, 1.54) is 83.5 Å². The van der Waals surface area contributed by atoms with Crippen LogP contribution in [0.15, 0.2) is 24.3 Å². The number of rotatable bonds is 34. The molecule has 0 heterocycles. The van der Waals surface area contributed by atoms with Crippen molar-refractivity contribution in [3.8, 4) is 0 Å². The summed E-state index contributed by atoms with van der Waals surface area (Å²) in [5.74, 6) is -0.514. The molecule has 302 valence electrons. The van der Waals surface area contributed by atoms with Gasteiger partial charge in [-0.1, -0.05) is 161 Å². The first kappa shape index (κ1) is 48.0. The van der Waals surface area contributed by atoms with Gasteiger partial charge in [-0.05, 0) is 38.0 Å². The van der Waals surface area contributed by atoms with E-state index in [0.29, 0.717) is 32.1 Å². The fraction of sp³-hybridized carbons (Fsp3) is 0.841. The van der Waals surface area contributed by atoms with Crippen LogP contribution in [0.1, 0.15) is 188 Å². The molecule has 1 fully saturated rings. The smallest absolute Gasteiger partial charge is 0.305 e. The number of hydrogen-bond donors (Lipinski definition) is 3. The van der Waals surface area contributed by atoms with Gasteiger partial charge in [0.1, 0.15) is 25.1 Å². The first-order valence-corrected chi connectivity index (χ1v) is 21.3. The summed E-state index contributed by atoms with van der Waals surface area (Å²) in [5.41, 5.74) is 0. The maximum absolute atomic E-state index is 12.4. The van der Waals surface area contributed by atoms with Gasteiger partial charge in [0.15, 0.2) is 0 Å². The summed E-state index contributed by atoms with van der Waals surface area (Å²) in [5, 5.41) is 30.6. The van der Waals surface area contributed by atoms with Gasteiger partial charge in [0.2, 0.25) is 0 Å². The predicted octanol–water partition coefficient (Wildman–Crippen LogP) is 9.90. The molecule has 0 bridgehead atoms. The van der Waals surface area contributed by atoms with Crippen LogP contribution >= 0.6 is 0 Å². The summed E-state index contributed by atoms with van der Waals surface area (Å²) in [6.45, 7) is 6.33. The van der Waals surface area contributed by atoms with E-state index in [4.69, 9.17) is 9.47 Å². The van der Waals surface area contributed by atoms with Crippen LogP contribution < -0.4 is 0 Å². The summed E-state index contributed by atoms with van der Waals surface area (Å²) in [6, 6.07) is 0. The van der Waals surface area contributed by atoms with Crippen LogP contribution in [0.25, 0.3) is 0 Å². The number of hydrogen-bond acceptors (Lipinski definition) is 8. The van der Waals surface area contributed by atoms with Crippen LogP contribution in [0.2, 0.25) is 0 Å². The van der Waals surface area contributed by atoms with E-state index >= 15 is 0 Å². The SMILES string of the molecule is CCCCC[C@H](O)/C=C/[C@H]1C(=O)C[C@H](O)[C@@H]1C/C=C\CCCC(=O)OC[C@H](O)COC(=O)CCCCCCCCCCCCCCCCCC(C)C. The molecule has 0 aromatic heterocycles. The summed E-state index contributed by atoms with van der Waals surface area (Å²) in [7, 11) is 0. The largest absolute Gasteiger partial charge is 0.463 e. The molecule has 0 aliphatic heterocycles. The van der Waals surface area contributed by atoms with Crippen LogP contribution in [-0.2, 0) is 23.9 Å². The van der Waals surface area contributed by atoms with Crippen molar-refractivity contribution in [2.45, 2.75) is 206 Å². The molecule has 3 N–H and O–H groups in total. The highest BCUT2D eigenvalue weighted by Gasteiger charge is 2.39. The zero-order valence-electron chi connectivity index (χ0n) is 33.5. The van der Waals surface area contributed by atoms with Crippen molar-refractivity contribution in [3.63, 3.8) is 0 Å². The third-order valence-corrected chi connectivity index (χ3v) is 10.2. The molecule has 8 heteroatoms. The van der Waals surface area contributed by atoms with Crippen molar-refractivity contribution in [1.82, 2.24) is 0 Å². The lowest BCUT2D eigenvalue weighted by molar-refractivity contribution is -0.152. The van der Waals surface area contributed by atoms with E-state index in [9.17, 15) is 29.7 Å². The lowest BCUT2D eigenvalue weighted by Gasteiger charge is -2.17. The highest BCUT2D eigenvalue weighted by molar-refractivity contribution is 5.86. The van der Waals surface area contributed by atoms with E-state index in [-0.39, 0.29) is 43.7 Å². The number of allylic oxidation sites excluding steroid dienone is 3. The van der Waals surface area contributed by atoms with Crippen LogP contribution in [0.4, 0.5) is 0 Å². The fourth-order valence-corrected chi connectivity index (χ4v) is 6.90. The number of Topliss-reactive ketones (excluding diaryl/α,β-unsaturated/α-hetero) is 1. The molecule has 1 aliphatic carbocycles. The lowest BCUT2D eigenvalue weighted by Crippen LogP contribution is -2.25. The van der Waals surface area contributed by atoms with E-state index < -0.39 is 30.2 Å². The molecular formula is C44H78O8. The Morgan fingerprint density at radius 2 is 1.21 bits per heavy atom. The monoisotopic (exact) mass is 735 g/mol. The van der Waals surface area contributed by atoms with Crippen molar-refractivity contribution in [2.75, 3.05) is 13.2 Å². The van der Waals surface area contributed by atoms with Gasteiger partial charge in [-0.25, -0.2) is 0 Å². The number of aliphatic hydroxyl groups excluding tert-OH is 3. The van der Waals surface area contributed by atoms with E-state index in [1.807, 2.05) is 12.2 Å². The predicted molar refractivity (Wildman–Crippen MR) is 211 cm³/mol. The van der Waals surface area contributed by atoms with Crippen molar-refractivity contribution < 1.29 is 39.2 Å². The maximum Gasteiger partial charge on any atom is 0.305 e. The number of ether oxygens (including phenoxy) is 2. The third-order valence-electron chi connectivity index (χ3n) is 10.2. The molecule has 0 radical (unpaired) electrons. The molecule has 0 unspecified atom stereocenters. The Balaban J connectivity index is 2.00. The van der Waals surface area contributed by atoms with Gasteiger partial charge in [-0.15, -0.1) is 0 Å². The van der Waals surface area contributed by atoms with E-state index in [2.05, 4.69) is 20.8 Å². The minimum atomic E-state index is -1.05. The normalized spacial score (nSPS) is 18.9. The average Bonchev–Trinajstić information content (AvgIpc) is 3.38. The van der Waals surface area contributed by atoms with Gasteiger partial charge >= 0.3 is 11.9 Å². The van der Waals surface area contributed by atoms with Crippen molar-refractivity contribution >= 4 is 17.7 Å². The first-order valence-electron chi connectivity index (χ1n) is 21.3. The molecular weight excluding hydrogens is 656 g/mol. The second-order valence-electron chi connectivity index (χ2n) is 15.7. The molecule has 1 saturated carbocycles. The van der Waals surface area contributed by atoms with Gasteiger partial charge in [0, 0.05) is 31.1 Å². The molecule has 0 aromatic carbocycles. The van der Waals surface area contributed by atoms with Gasteiger partial charge in [-0.2, -0.15) is 0 Å². The van der Waals surface area contributed by atoms with Gasteiger partial charge in [-0.3, -0.25) is 14.4 Å². The quantitative estimate of drug-likeness (QED) is 0.0338. The number of carbonyl (C=O) groups is 3. The van der Waals surface area contributed by atoms with Gasteiger partial charge in [0.05, 0.1) is 12.2 Å². The lowest BCUT2D eigenvalue weighted by atomic mass is 9.90. The number of unbranched alkanes of at least 4 members (excludes halogenated alkanes) is 17. The summed E-state index contributed by atoms with van der Waals surface area (Å²) >= 11 is 0. The number of esters is 2. The molecule has 0 amide bonds. The first-order chi connectivity index (χ1) is 25.1. The Morgan fingerprint density at radius 3 is 1.75 bits per heavy atom. The van der Waals surface area contributed by atoms with Crippen LogP contribution in [-0.4, -0.2) is 64.6 Å². The molecule has 5 atom stereocenters. The van der Waals surface area contributed by atoms with E-state index in [0.717, 1.165) is 44.4 Å². The van der Waals surface area contributed by atoms with Crippen LogP contribution in [0.5, 0.6) is 0 Å². The number of ketones is 1. The number of carbonyl (C=O) groups excluding carboxylic acids is 3. The second-order valence-corrected chi connectivity index (χ2v) is 15.7. The topological polar surface area (TPSA) is 130 Å². The number of aliphatic hydroxyl groups is 3. The zero-order chi connectivity index (χ0) is 38.2. The summed E-state index contributed by atoms with van der Waals surface area (Å²) in [6.07, 6.45) is 31.7. The van der Waals surface area contributed by atoms with Crippen molar-refractivity contribution in [2.24, 2.45) is 17.8 Å². The fourth-order valence-electron chi connectivity index (χ4n) is 6.90. The molecule has 8 nitrogen and oxygen atoms in total. The minimum absolute atomic E-state index is 0.00282. The standard InChI is InChI=1S/C44H78O8/c1-4-5-21-27-37(45)31-32-40-39(41(47)33-42(40)48)28-23-19-20-25-30-44(50)52-35-38(46)34-51-43(49)29-24-18-16-14-12-10-8-6-7-9-11-13-15-17-22-26-36(2)3/h19,23,31-32,36-41,45-47H,4-18,20-22,24-30,33-35H2,1-3H3/b23-19-,32-31+/t37-,38+,39+,40+,41-/m0/s1. The molecule has 1 rings (SSSR count). The van der Waals surface area contributed by atoms with Crippen molar-refractivity contribution in [1.29, 1.82) is 0 Å².